The molecule has 0 saturated carbocycles. The zero-order chi connectivity index (χ0) is 8.39. The highest BCUT2D eigenvalue weighted by Gasteiger charge is 2.17. The van der Waals surface area contributed by atoms with Crippen LogP contribution in [0.15, 0.2) is 12.5 Å². The number of hydrogen-bond donors (Lipinski definition) is 1. The van der Waals surface area contributed by atoms with E-state index in [-0.39, 0.29) is 6.61 Å². The Morgan fingerprint density at radius 1 is 1.75 bits per heavy atom. The van der Waals surface area contributed by atoms with Crippen LogP contribution in [0.25, 0.3) is 0 Å². The zero-order valence-corrected chi connectivity index (χ0v) is 6.81. The average Bonchev–Trinajstić information content (AvgIpc) is 2.75. The first-order valence-corrected chi connectivity index (χ1v) is 4.11. The van der Waals surface area contributed by atoms with E-state index in [0.29, 0.717) is 6.04 Å². The number of rotatable bonds is 2. The van der Waals surface area contributed by atoms with Crippen molar-refractivity contribution >= 4 is 0 Å². The van der Waals surface area contributed by atoms with Crippen molar-refractivity contribution in [1.29, 1.82) is 0 Å². The lowest BCUT2D eigenvalue weighted by molar-refractivity contribution is 0.186. The fourth-order valence-electron chi connectivity index (χ4n) is 1.42. The van der Waals surface area contributed by atoms with E-state index in [9.17, 15) is 0 Å². The summed E-state index contributed by atoms with van der Waals surface area (Å²) in [5.74, 6) is 0. The van der Waals surface area contributed by atoms with Crippen molar-refractivity contribution in [2.45, 2.75) is 19.1 Å². The first-order valence-electron chi connectivity index (χ1n) is 4.11. The van der Waals surface area contributed by atoms with Crippen LogP contribution in [-0.2, 0) is 11.3 Å². The van der Waals surface area contributed by atoms with Gasteiger partial charge in [-0.15, -0.1) is 0 Å². The molecule has 1 saturated heterocycles. The lowest BCUT2D eigenvalue weighted by Gasteiger charge is -2.07. The monoisotopic (exact) mass is 168 g/mol. The predicted octanol–water partition coefficient (Wildman–Crippen LogP) is 0.337. The van der Waals surface area contributed by atoms with Crippen molar-refractivity contribution in [3.8, 4) is 0 Å². The third kappa shape index (κ3) is 1.35. The van der Waals surface area contributed by atoms with Gasteiger partial charge in [0.1, 0.15) is 0 Å². The van der Waals surface area contributed by atoms with E-state index in [2.05, 4.69) is 4.98 Å². The van der Waals surface area contributed by atoms with Crippen molar-refractivity contribution < 1.29 is 9.84 Å². The summed E-state index contributed by atoms with van der Waals surface area (Å²) in [5.41, 5.74) is 0.724. The molecule has 1 aromatic heterocycles. The fraction of sp³-hybridized carbons (Fsp3) is 0.625. The van der Waals surface area contributed by atoms with Gasteiger partial charge in [0.2, 0.25) is 0 Å². The Morgan fingerprint density at radius 2 is 2.67 bits per heavy atom. The molecule has 0 amide bonds. The quantitative estimate of drug-likeness (QED) is 0.692. The van der Waals surface area contributed by atoms with Crippen LogP contribution in [0.1, 0.15) is 18.2 Å². The number of aliphatic hydroxyl groups excluding tert-OH is 1. The first-order chi connectivity index (χ1) is 5.90. The van der Waals surface area contributed by atoms with E-state index in [1.165, 1.54) is 0 Å². The molecule has 1 aromatic rings. The molecule has 1 aliphatic heterocycles. The fourth-order valence-corrected chi connectivity index (χ4v) is 1.42. The maximum Gasteiger partial charge on any atom is 0.0953 e. The lowest BCUT2D eigenvalue weighted by atomic mass is 10.2. The maximum absolute atomic E-state index is 8.79. The Kier molecular flexibility index (Phi) is 2.10. The molecule has 1 N–H and O–H groups in total. The van der Waals surface area contributed by atoms with Crippen molar-refractivity contribution in [1.82, 2.24) is 9.55 Å². The molecule has 1 atom stereocenters. The van der Waals surface area contributed by atoms with Gasteiger partial charge in [-0.25, -0.2) is 4.98 Å². The van der Waals surface area contributed by atoms with Crippen molar-refractivity contribution in [2.75, 3.05) is 13.2 Å². The molecular formula is C8H12N2O2. The summed E-state index contributed by atoms with van der Waals surface area (Å²) in [4.78, 5) is 4.04. The minimum Gasteiger partial charge on any atom is -0.390 e. The summed E-state index contributed by atoms with van der Waals surface area (Å²) in [6.45, 7) is 1.61. The topological polar surface area (TPSA) is 47.3 Å². The van der Waals surface area contributed by atoms with E-state index in [1.54, 1.807) is 6.33 Å². The summed E-state index contributed by atoms with van der Waals surface area (Å²) in [6.07, 6.45) is 4.67. The van der Waals surface area contributed by atoms with E-state index < -0.39 is 0 Å². The van der Waals surface area contributed by atoms with Crippen LogP contribution in [0.3, 0.4) is 0 Å². The number of ether oxygens (including phenoxy) is 1. The minimum absolute atomic E-state index is 0.0145. The van der Waals surface area contributed by atoms with E-state index in [4.69, 9.17) is 9.84 Å². The van der Waals surface area contributed by atoms with Gasteiger partial charge in [-0.3, -0.25) is 0 Å². The molecule has 66 valence electrons. The number of imidazole rings is 1. The van der Waals surface area contributed by atoms with E-state index in [0.717, 1.165) is 25.3 Å². The molecule has 0 radical (unpaired) electrons. The van der Waals surface area contributed by atoms with Gasteiger partial charge >= 0.3 is 0 Å². The van der Waals surface area contributed by atoms with Crippen molar-refractivity contribution in [3.05, 3.63) is 18.2 Å². The Hall–Kier alpha value is -0.870. The molecule has 0 spiro atoms. The van der Waals surface area contributed by atoms with Crippen LogP contribution in [0.2, 0.25) is 0 Å². The highest BCUT2D eigenvalue weighted by Crippen LogP contribution is 2.18. The summed E-state index contributed by atoms with van der Waals surface area (Å²) in [6, 6.07) is 0.415. The second-order valence-electron chi connectivity index (χ2n) is 2.99. The predicted molar refractivity (Wildman–Crippen MR) is 42.6 cm³/mol. The van der Waals surface area contributed by atoms with Crippen LogP contribution < -0.4 is 0 Å². The molecule has 1 fully saturated rings. The van der Waals surface area contributed by atoms with Gasteiger partial charge in [-0.2, -0.15) is 0 Å². The Balaban J connectivity index is 2.11. The molecular weight excluding hydrogens is 156 g/mol. The molecule has 1 unspecified atom stereocenters. The number of nitrogens with zero attached hydrogens (tertiary/aromatic N) is 2. The highest BCUT2D eigenvalue weighted by molar-refractivity contribution is 4.96. The van der Waals surface area contributed by atoms with E-state index in [1.807, 2.05) is 10.8 Å². The van der Waals surface area contributed by atoms with Gasteiger partial charge in [0.05, 0.1) is 31.3 Å². The van der Waals surface area contributed by atoms with Crippen molar-refractivity contribution in [3.63, 3.8) is 0 Å². The smallest absolute Gasteiger partial charge is 0.0953 e. The lowest BCUT2D eigenvalue weighted by Crippen LogP contribution is -2.05. The number of hydrogen-bond acceptors (Lipinski definition) is 3. The minimum atomic E-state index is 0.0145. The van der Waals surface area contributed by atoms with Gasteiger partial charge < -0.3 is 14.4 Å². The standard InChI is InChI=1S/C8H12N2O2/c11-4-7-3-10(6-9-7)8-1-2-12-5-8/h3,6,8,11H,1-2,4-5H2. The molecule has 12 heavy (non-hydrogen) atoms. The van der Waals surface area contributed by atoms with Gasteiger partial charge in [-0.1, -0.05) is 0 Å². The summed E-state index contributed by atoms with van der Waals surface area (Å²) in [7, 11) is 0. The second kappa shape index (κ2) is 3.25. The van der Waals surface area contributed by atoms with Crippen molar-refractivity contribution in [2.24, 2.45) is 0 Å². The largest absolute Gasteiger partial charge is 0.390 e. The van der Waals surface area contributed by atoms with E-state index >= 15 is 0 Å². The molecule has 4 nitrogen and oxygen atoms in total. The first kappa shape index (κ1) is 7.76. The third-order valence-corrected chi connectivity index (χ3v) is 2.14. The molecule has 2 heterocycles. The Morgan fingerprint density at radius 3 is 3.25 bits per heavy atom. The van der Waals surface area contributed by atoms with Crippen LogP contribution >= 0.6 is 0 Å². The molecule has 0 aromatic carbocycles. The van der Waals surface area contributed by atoms with Gasteiger partial charge in [0.25, 0.3) is 0 Å². The Bertz CT molecular complexity index is 253. The molecule has 0 bridgehead atoms. The molecule has 0 aliphatic carbocycles. The van der Waals surface area contributed by atoms with Crippen LogP contribution in [-0.4, -0.2) is 27.9 Å². The SMILES string of the molecule is OCc1cn(C2CCOC2)cn1. The maximum atomic E-state index is 8.79. The Labute approximate surface area is 70.8 Å². The average molecular weight is 168 g/mol. The van der Waals surface area contributed by atoms with Crippen LogP contribution in [0, 0.1) is 0 Å². The van der Waals surface area contributed by atoms with Crippen LogP contribution in [0.4, 0.5) is 0 Å². The summed E-state index contributed by atoms with van der Waals surface area (Å²) in [5, 5.41) is 8.79. The zero-order valence-electron chi connectivity index (χ0n) is 6.81. The molecule has 2 rings (SSSR count). The molecule has 4 heteroatoms. The molecule has 1 aliphatic rings. The van der Waals surface area contributed by atoms with Crippen LogP contribution in [0.5, 0.6) is 0 Å². The van der Waals surface area contributed by atoms with Gasteiger partial charge in [-0.05, 0) is 6.42 Å². The number of aromatic nitrogens is 2. The summed E-state index contributed by atoms with van der Waals surface area (Å²) >= 11 is 0. The normalized spacial score (nSPS) is 23.2. The summed E-state index contributed by atoms with van der Waals surface area (Å²) < 4.78 is 7.26. The third-order valence-electron chi connectivity index (χ3n) is 2.14. The second-order valence-corrected chi connectivity index (χ2v) is 2.99. The highest BCUT2D eigenvalue weighted by atomic mass is 16.5. The van der Waals surface area contributed by atoms with Gasteiger partial charge in [0.15, 0.2) is 0 Å². The number of aliphatic hydroxyl groups is 1. The van der Waals surface area contributed by atoms with Gasteiger partial charge in [0, 0.05) is 12.8 Å².